The third kappa shape index (κ3) is 4.06. The zero-order valence-electron chi connectivity index (χ0n) is 14.6. The van der Waals surface area contributed by atoms with Crippen LogP contribution in [0.2, 0.25) is 0 Å². The van der Waals surface area contributed by atoms with Crippen LogP contribution in [0.15, 0.2) is 58.1 Å². The fourth-order valence-corrected chi connectivity index (χ4v) is 3.30. The molecule has 0 radical (unpaired) electrons. The summed E-state index contributed by atoms with van der Waals surface area (Å²) in [6, 6.07) is 11.7. The maximum Gasteiger partial charge on any atom is 0.329 e. The normalized spacial score (nSPS) is 12.0. The second-order valence-corrected chi connectivity index (χ2v) is 6.97. The number of nitrogens with zero attached hydrogens (tertiary/aromatic N) is 1. The highest BCUT2D eigenvalue weighted by Crippen LogP contribution is 2.18. The molecule has 2 aromatic carbocycles. The summed E-state index contributed by atoms with van der Waals surface area (Å²) >= 11 is 1.52. The molecule has 1 atom stereocenters. The lowest BCUT2D eigenvalue weighted by molar-refractivity contribution is -0.119. The number of aromatic hydroxyl groups is 1. The molecule has 27 heavy (non-hydrogen) atoms. The van der Waals surface area contributed by atoms with E-state index in [0.717, 1.165) is 4.57 Å². The molecule has 7 nitrogen and oxygen atoms in total. The first-order valence-electron chi connectivity index (χ1n) is 8.33. The van der Waals surface area contributed by atoms with Crippen molar-refractivity contribution in [3.05, 3.63) is 69.4 Å². The highest BCUT2D eigenvalue weighted by atomic mass is 32.2. The van der Waals surface area contributed by atoms with Gasteiger partial charge in [0.1, 0.15) is 11.8 Å². The van der Waals surface area contributed by atoms with Gasteiger partial charge in [0, 0.05) is 5.69 Å². The molecule has 0 bridgehead atoms. The molecule has 3 aromatic rings. The van der Waals surface area contributed by atoms with Gasteiger partial charge in [-0.3, -0.25) is 9.59 Å². The Balaban J connectivity index is 2.03. The average Bonchev–Trinajstić information content (AvgIpc) is 2.66. The number of nitrogens with one attached hydrogen (secondary N) is 2. The van der Waals surface area contributed by atoms with Crippen LogP contribution in [0, 0.1) is 0 Å². The van der Waals surface area contributed by atoms with Gasteiger partial charge in [0.15, 0.2) is 0 Å². The number of aromatic nitrogens is 2. The lowest BCUT2D eigenvalue weighted by Gasteiger charge is -2.19. The van der Waals surface area contributed by atoms with E-state index < -0.39 is 23.2 Å². The first-order chi connectivity index (χ1) is 13.0. The molecule has 1 aromatic heterocycles. The lowest BCUT2D eigenvalue weighted by atomic mass is 10.1. The number of rotatable bonds is 6. The van der Waals surface area contributed by atoms with Gasteiger partial charge in [-0.2, -0.15) is 11.8 Å². The van der Waals surface area contributed by atoms with Crippen LogP contribution in [0.25, 0.3) is 10.9 Å². The molecule has 0 aliphatic carbocycles. The van der Waals surface area contributed by atoms with E-state index in [1.54, 1.807) is 36.4 Å². The smallest absolute Gasteiger partial charge is 0.329 e. The van der Waals surface area contributed by atoms with Crippen molar-refractivity contribution in [3.8, 4) is 5.75 Å². The van der Waals surface area contributed by atoms with Crippen molar-refractivity contribution < 1.29 is 9.90 Å². The summed E-state index contributed by atoms with van der Waals surface area (Å²) in [6.07, 6.45) is 2.22. The third-order valence-electron chi connectivity index (χ3n) is 4.18. The van der Waals surface area contributed by atoms with E-state index in [2.05, 4.69) is 10.3 Å². The lowest BCUT2D eigenvalue weighted by Crippen LogP contribution is -2.42. The topological polar surface area (TPSA) is 104 Å². The molecular formula is C19H19N3O4S. The van der Waals surface area contributed by atoms with Crippen molar-refractivity contribution in [3.63, 3.8) is 0 Å². The number of carbonyl (C=O) groups is 1. The van der Waals surface area contributed by atoms with Gasteiger partial charge in [-0.1, -0.05) is 12.1 Å². The van der Waals surface area contributed by atoms with Gasteiger partial charge in [0.05, 0.1) is 10.9 Å². The molecule has 0 fully saturated rings. The van der Waals surface area contributed by atoms with Crippen molar-refractivity contribution in [2.45, 2.75) is 12.5 Å². The number of fused-ring (bicyclic) bond motifs is 1. The number of para-hydroxylation sites is 1. The molecule has 0 unspecified atom stereocenters. The van der Waals surface area contributed by atoms with Crippen LogP contribution in [0.1, 0.15) is 12.5 Å². The Morgan fingerprint density at radius 3 is 2.59 bits per heavy atom. The summed E-state index contributed by atoms with van der Waals surface area (Å²) in [5.74, 6) is 0.221. The molecule has 0 aliphatic heterocycles. The van der Waals surface area contributed by atoms with E-state index in [9.17, 15) is 19.5 Å². The minimum absolute atomic E-state index is 0.0779. The first kappa shape index (κ1) is 18.8. The van der Waals surface area contributed by atoms with Crippen LogP contribution >= 0.6 is 11.8 Å². The van der Waals surface area contributed by atoms with Crippen LogP contribution in [0.5, 0.6) is 5.75 Å². The predicted molar refractivity (Wildman–Crippen MR) is 108 cm³/mol. The van der Waals surface area contributed by atoms with Crippen molar-refractivity contribution >= 4 is 34.3 Å². The quantitative estimate of drug-likeness (QED) is 0.565. The number of phenols is 1. The SMILES string of the molecule is CSCC[C@@H](C(=O)Nc1ccc(O)cc1)n1c(=O)[nH]c2ccccc2c1=O. The van der Waals surface area contributed by atoms with Crippen molar-refractivity contribution in [1.29, 1.82) is 0 Å². The largest absolute Gasteiger partial charge is 0.508 e. The summed E-state index contributed by atoms with van der Waals surface area (Å²) in [7, 11) is 0. The van der Waals surface area contributed by atoms with E-state index in [1.807, 2.05) is 6.26 Å². The molecule has 0 saturated carbocycles. The van der Waals surface area contributed by atoms with Gasteiger partial charge in [-0.15, -0.1) is 0 Å². The summed E-state index contributed by atoms with van der Waals surface area (Å²) in [6.45, 7) is 0. The van der Waals surface area contributed by atoms with Crippen LogP contribution in [0.3, 0.4) is 0 Å². The van der Waals surface area contributed by atoms with Crippen LogP contribution in [-0.4, -0.2) is 32.6 Å². The molecule has 8 heteroatoms. The van der Waals surface area contributed by atoms with Crippen molar-refractivity contribution in [2.24, 2.45) is 0 Å². The maximum atomic E-state index is 12.9. The van der Waals surface area contributed by atoms with Crippen molar-refractivity contribution in [1.82, 2.24) is 9.55 Å². The number of amides is 1. The second kappa shape index (κ2) is 8.13. The first-order valence-corrected chi connectivity index (χ1v) is 9.73. The van der Waals surface area contributed by atoms with E-state index in [-0.39, 0.29) is 5.75 Å². The molecule has 1 heterocycles. The van der Waals surface area contributed by atoms with Crippen LogP contribution < -0.4 is 16.6 Å². The monoisotopic (exact) mass is 385 g/mol. The zero-order chi connectivity index (χ0) is 19.4. The van der Waals surface area contributed by atoms with Gasteiger partial charge >= 0.3 is 5.69 Å². The van der Waals surface area contributed by atoms with Crippen LogP contribution in [-0.2, 0) is 4.79 Å². The molecule has 0 spiro atoms. The minimum atomic E-state index is -0.952. The van der Waals surface area contributed by atoms with Gasteiger partial charge in [0.25, 0.3) is 5.56 Å². The highest BCUT2D eigenvalue weighted by molar-refractivity contribution is 7.98. The Hall–Kier alpha value is -3.00. The highest BCUT2D eigenvalue weighted by Gasteiger charge is 2.24. The van der Waals surface area contributed by atoms with Crippen molar-refractivity contribution in [2.75, 3.05) is 17.3 Å². The van der Waals surface area contributed by atoms with Gasteiger partial charge in [-0.25, -0.2) is 9.36 Å². The molecule has 140 valence electrons. The maximum absolute atomic E-state index is 12.9. The number of hydrogen-bond donors (Lipinski definition) is 3. The van der Waals surface area contributed by atoms with E-state index in [1.165, 1.54) is 23.9 Å². The van der Waals surface area contributed by atoms with Gasteiger partial charge < -0.3 is 15.4 Å². The predicted octanol–water partition coefficient (Wildman–Crippen LogP) is 2.33. The summed E-state index contributed by atoms with van der Waals surface area (Å²) in [4.78, 5) is 40.9. The number of benzene rings is 2. The number of thioether (sulfide) groups is 1. The number of anilines is 1. The van der Waals surface area contributed by atoms with E-state index >= 15 is 0 Å². The molecule has 0 aliphatic rings. The zero-order valence-corrected chi connectivity index (χ0v) is 15.5. The van der Waals surface area contributed by atoms with E-state index in [4.69, 9.17) is 0 Å². The third-order valence-corrected chi connectivity index (χ3v) is 4.83. The molecule has 3 rings (SSSR count). The Kier molecular flexibility index (Phi) is 5.66. The van der Waals surface area contributed by atoms with E-state index in [0.29, 0.717) is 28.8 Å². The molecular weight excluding hydrogens is 366 g/mol. The summed E-state index contributed by atoms with van der Waals surface area (Å²) in [5, 5.41) is 12.4. The number of carbonyl (C=O) groups excluding carboxylic acids is 1. The van der Waals surface area contributed by atoms with Crippen LogP contribution in [0.4, 0.5) is 5.69 Å². The average molecular weight is 385 g/mol. The molecule has 1 amide bonds. The molecule has 3 N–H and O–H groups in total. The fourth-order valence-electron chi connectivity index (χ4n) is 2.84. The Labute approximate surface area is 159 Å². The molecule has 0 saturated heterocycles. The van der Waals surface area contributed by atoms with Gasteiger partial charge in [0.2, 0.25) is 5.91 Å². The standard InChI is InChI=1S/C19H19N3O4S/c1-27-11-10-16(17(24)20-12-6-8-13(23)9-7-12)22-18(25)14-4-2-3-5-15(14)21-19(22)26/h2-9,16,23H,10-11H2,1H3,(H,20,24)(H,21,26)/t16-/m0/s1. The minimum Gasteiger partial charge on any atom is -0.508 e. The number of aromatic amines is 1. The number of H-pyrrole nitrogens is 1. The number of hydrogen-bond acceptors (Lipinski definition) is 5. The Morgan fingerprint density at radius 2 is 1.89 bits per heavy atom. The Bertz CT molecular complexity index is 1070. The second-order valence-electron chi connectivity index (χ2n) is 5.98. The summed E-state index contributed by atoms with van der Waals surface area (Å²) in [5.41, 5.74) is -0.213. The van der Waals surface area contributed by atoms with Gasteiger partial charge in [-0.05, 0) is 54.8 Å². The summed E-state index contributed by atoms with van der Waals surface area (Å²) < 4.78 is 0.980. The Morgan fingerprint density at radius 1 is 1.19 bits per heavy atom. The fraction of sp³-hybridized carbons (Fsp3) is 0.211. The number of phenolic OH excluding ortho intramolecular Hbond substituents is 1.